The number of aliphatic imine (C=N–C) groups is 1. The van der Waals surface area contributed by atoms with E-state index in [9.17, 15) is 5.11 Å². The Labute approximate surface area is 207 Å². The fraction of sp³-hybridized carbons (Fsp3) is 0.591. The number of nitrogens with one attached hydrogen (secondary N) is 2. The molecule has 1 aliphatic heterocycles. The van der Waals surface area contributed by atoms with Crippen LogP contribution < -0.4 is 15.5 Å². The van der Waals surface area contributed by atoms with Crippen LogP contribution in [0.4, 0.5) is 5.95 Å². The highest BCUT2D eigenvalue weighted by atomic mass is 127. The molecule has 178 valence electrons. The molecule has 0 aliphatic carbocycles. The first-order valence-corrected chi connectivity index (χ1v) is 11.0. The van der Waals surface area contributed by atoms with Crippen molar-refractivity contribution in [2.75, 3.05) is 57.3 Å². The summed E-state index contributed by atoms with van der Waals surface area (Å²) in [5.74, 6) is 3.03. The molecule has 3 heterocycles. The fourth-order valence-corrected chi connectivity index (χ4v) is 3.78. The smallest absolute Gasteiger partial charge is 0.225 e. The molecule has 3 rings (SSSR count). The van der Waals surface area contributed by atoms with Crippen LogP contribution in [0.25, 0.3) is 0 Å². The van der Waals surface area contributed by atoms with Crippen molar-refractivity contribution in [3.63, 3.8) is 0 Å². The van der Waals surface area contributed by atoms with Crippen molar-refractivity contribution in [1.82, 2.24) is 25.5 Å². The number of halogens is 1. The molecule has 0 spiro atoms. The van der Waals surface area contributed by atoms with Crippen molar-refractivity contribution in [1.29, 1.82) is 0 Å². The minimum Gasteiger partial charge on any atom is -0.466 e. The summed E-state index contributed by atoms with van der Waals surface area (Å²) in [6, 6.07) is 3.72. The van der Waals surface area contributed by atoms with Crippen LogP contribution >= 0.6 is 24.0 Å². The van der Waals surface area contributed by atoms with Crippen LogP contribution in [-0.4, -0.2) is 78.3 Å². The van der Waals surface area contributed by atoms with Gasteiger partial charge >= 0.3 is 0 Å². The summed E-state index contributed by atoms with van der Waals surface area (Å²) in [6.07, 6.45) is 3.57. The highest BCUT2D eigenvalue weighted by molar-refractivity contribution is 14.0. The number of guanidine groups is 1. The normalized spacial score (nSPS) is 16.9. The third-order valence-corrected chi connectivity index (χ3v) is 5.44. The quantitative estimate of drug-likeness (QED) is 0.257. The molecular formula is C22H36IN7O2. The van der Waals surface area contributed by atoms with Crippen LogP contribution in [0.1, 0.15) is 30.9 Å². The first-order chi connectivity index (χ1) is 14.9. The van der Waals surface area contributed by atoms with Gasteiger partial charge in [0.25, 0.3) is 0 Å². The number of anilines is 1. The highest BCUT2D eigenvalue weighted by Gasteiger charge is 2.27. The van der Waals surface area contributed by atoms with Gasteiger partial charge in [-0.1, -0.05) is 0 Å². The monoisotopic (exact) mass is 557 g/mol. The molecule has 10 heteroatoms. The van der Waals surface area contributed by atoms with E-state index in [4.69, 9.17) is 4.42 Å². The van der Waals surface area contributed by atoms with E-state index in [0.717, 1.165) is 68.8 Å². The molecular weight excluding hydrogens is 521 g/mol. The number of hydrogen-bond acceptors (Lipinski definition) is 7. The number of aryl methyl sites for hydroxylation is 2. The van der Waals surface area contributed by atoms with E-state index in [0.29, 0.717) is 5.96 Å². The van der Waals surface area contributed by atoms with Crippen LogP contribution in [0.15, 0.2) is 33.9 Å². The van der Waals surface area contributed by atoms with Gasteiger partial charge < -0.3 is 25.1 Å². The first kappa shape index (κ1) is 26.3. The molecule has 1 atom stereocenters. The maximum absolute atomic E-state index is 10.9. The first-order valence-electron chi connectivity index (χ1n) is 11.0. The Morgan fingerprint density at radius 1 is 1.19 bits per heavy atom. The summed E-state index contributed by atoms with van der Waals surface area (Å²) in [4.78, 5) is 17.9. The second kappa shape index (κ2) is 12.4. The minimum atomic E-state index is -1.08. The van der Waals surface area contributed by atoms with Crippen LogP contribution in [0.3, 0.4) is 0 Å². The zero-order valence-electron chi connectivity index (χ0n) is 19.5. The van der Waals surface area contributed by atoms with Gasteiger partial charge in [-0.15, -0.1) is 24.0 Å². The molecule has 1 unspecified atom stereocenters. The Hall–Kier alpha value is -1.92. The Bertz CT molecular complexity index is 849. The number of nitrogens with zero attached hydrogens (tertiary/aromatic N) is 5. The maximum Gasteiger partial charge on any atom is 0.225 e. The van der Waals surface area contributed by atoms with E-state index in [-0.39, 0.29) is 30.5 Å². The van der Waals surface area contributed by atoms with E-state index in [2.05, 4.69) is 35.4 Å². The van der Waals surface area contributed by atoms with Gasteiger partial charge in [0, 0.05) is 63.8 Å². The number of aromatic nitrogens is 2. The summed E-state index contributed by atoms with van der Waals surface area (Å²) in [5.41, 5.74) is -0.301. The Kier molecular flexibility index (Phi) is 10.2. The fourth-order valence-electron chi connectivity index (χ4n) is 3.78. The Morgan fingerprint density at radius 3 is 2.47 bits per heavy atom. The number of rotatable bonds is 8. The lowest BCUT2D eigenvalue weighted by Gasteiger charge is -2.34. The Morgan fingerprint density at radius 2 is 1.88 bits per heavy atom. The van der Waals surface area contributed by atoms with Gasteiger partial charge in [-0.3, -0.25) is 4.90 Å². The van der Waals surface area contributed by atoms with E-state index >= 15 is 0 Å². The molecule has 1 fully saturated rings. The molecule has 0 aromatic carbocycles. The van der Waals surface area contributed by atoms with Gasteiger partial charge in [0.1, 0.15) is 17.1 Å². The molecule has 0 radical (unpaired) electrons. The molecule has 1 aliphatic rings. The van der Waals surface area contributed by atoms with Gasteiger partial charge in [0.15, 0.2) is 5.96 Å². The molecule has 3 N–H and O–H groups in total. The average molecular weight is 557 g/mol. The van der Waals surface area contributed by atoms with E-state index < -0.39 is 5.60 Å². The van der Waals surface area contributed by atoms with Crippen molar-refractivity contribution in [2.45, 2.75) is 33.3 Å². The Balaban J connectivity index is 0.00000363. The zero-order chi connectivity index (χ0) is 22.3. The van der Waals surface area contributed by atoms with Crippen molar-refractivity contribution in [3.05, 3.63) is 41.6 Å². The second-order valence-corrected chi connectivity index (χ2v) is 8.10. The second-order valence-electron chi connectivity index (χ2n) is 8.10. The molecule has 0 amide bonds. The number of piperazine rings is 1. The zero-order valence-corrected chi connectivity index (χ0v) is 21.8. The van der Waals surface area contributed by atoms with Crippen molar-refractivity contribution >= 4 is 35.9 Å². The van der Waals surface area contributed by atoms with Gasteiger partial charge in [0.05, 0.1) is 6.54 Å². The maximum atomic E-state index is 10.9. The summed E-state index contributed by atoms with van der Waals surface area (Å²) in [6.45, 7) is 14.0. The van der Waals surface area contributed by atoms with Crippen LogP contribution in [-0.2, 0) is 5.60 Å². The highest BCUT2D eigenvalue weighted by Crippen LogP contribution is 2.27. The van der Waals surface area contributed by atoms with Crippen molar-refractivity contribution in [2.24, 2.45) is 4.99 Å². The van der Waals surface area contributed by atoms with Gasteiger partial charge in [-0.2, -0.15) is 0 Å². The molecule has 2 aromatic rings. The molecule has 2 aromatic heterocycles. The largest absolute Gasteiger partial charge is 0.466 e. The topological polar surface area (TPSA) is 102 Å². The van der Waals surface area contributed by atoms with Crippen LogP contribution in [0.5, 0.6) is 0 Å². The predicted molar refractivity (Wildman–Crippen MR) is 138 cm³/mol. The van der Waals surface area contributed by atoms with E-state index in [1.54, 1.807) is 19.3 Å². The van der Waals surface area contributed by atoms with Gasteiger partial charge in [-0.25, -0.2) is 15.0 Å². The van der Waals surface area contributed by atoms with Crippen LogP contribution in [0.2, 0.25) is 0 Å². The summed E-state index contributed by atoms with van der Waals surface area (Å²) in [5, 5.41) is 17.5. The lowest BCUT2D eigenvalue weighted by atomic mass is 9.96. The molecule has 32 heavy (non-hydrogen) atoms. The summed E-state index contributed by atoms with van der Waals surface area (Å²) >= 11 is 0. The number of furan rings is 1. The van der Waals surface area contributed by atoms with E-state index in [1.807, 2.05) is 32.9 Å². The van der Waals surface area contributed by atoms with Crippen LogP contribution in [0, 0.1) is 13.8 Å². The summed E-state index contributed by atoms with van der Waals surface area (Å²) in [7, 11) is 0. The van der Waals surface area contributed by atoms with Crippen molar-refractivity contribution in [3.8, 4) is 0 Å². The number of hydrogen-bond donors (Lipinski definition) is 3. The van der Waals surface area contributed by atoms with Gasteiger partial charge in [-0.05, 0) is 39.8 Å². The van der Waals surface area contributed by atoms with Crippen molar-refractivity contribution < 1.29 is 9.52 Å². The SMILES string of the molecule is CCNC(=NCC(C)(O)c1cc(C)oc1C)NCCN1CCN(c2ncccn2)CC1.I. The third-order valence-electron chi connectivity index (χ3n) is 5.44. The van der Waals surface area contributed by atoms with Gasteiger partial charge in [0.2, 0.25) is 5.95 Å². The number of aliphatic hydroxyl groups is 1. The third kappa shape index (κ3) is 7.31. The summed E-state index contributed by atoms with van der Waals surface area (Å²) < 4.78 is 5.57. The lowest BCUT2D eigenvalue weighted by Crippen LogP contribution is -2.49. The minimum absolute atomic E-state index is 0. The van der Waals surface area contributed by atoms with E-state index in [1.165, 1.54) is 0 Å². The molecule has 0 saturated carbocycles. The average Bonchev–Trinajstić information content (AvgIpc) is 3.12. The predicted octanol–water partition coefficient (Wildman–Crippen LogP) is 1.89. The standard InChI is InChI=1S/C22H35N7O2.HI/c1-5-23-20(27-16-22(4,30)19-15-17(2)31-18(19)3)24-9-10-28-11-13-29(14-12-28)21-25-7-6-8-26-21;/h6-8,15,30H,5,9-14,16H2,1-4H3,(H2,23,24,27);1H. The molecule has 1 saturated heterocycles. The molecule has 0 bridgehead atoms. The molecule has 9 nitrogen and oxygen atoms in total. The lowest BCUT2D eigenvalue weighted by molar-refractivity contribution is 0.0657.